The van der Waals surface area contributed by atoms with Gasteiger partial charge in [-0.3, -0.25) is 0 Å². The van der Waals surface area contributed by atoms with E-state index in [-0.39, 0.29) is 0 Å². The van der Waals surface area contributed by atoms with Gasteiger partial charge < -0.3 is 0 Å². The zero-order chi connectivity index (χ0) is 10.6. The summed E-state index contributed by atoms with van der Waals surface area (Å²) in [7, 11) is 0. The Morgan fingerprint density at radius 1 is 1.43 bits per heavy atom. The summed E-state index contributed by atoms with van der Waals surface area (Å²) in [5, 5.41) is 0. The Kier molecular flexibility index (Phi) is 3.31. The molecule has 1 atom stereocenters. The molecule has 0 N–H and O–H groups in total. The van der Waals surface area contributed by atoms with E-state index in [9.17, 15) is 0 Å². The van der Waals surface area contributed by atoms with E-state index >= 15 is 0 Å². The van der Waals surface area contributed by atoms with E-state index < -0.39 is 0 Å². The molecule has 1 unspecified atom stereocenters. The highest BCUT2D eigenvalue weighted by Gasteiger charge is 2.07. The van der Waals surface area contributed by atoms with Crippen LogP contribution in [0.25, 0.3) is 6.08 Å². The van der Waals surface area contributed by atoms with Crippen molar-refractivity contribution in [2.45, 2.75) is 12.8 Å². The van der Waals surface area contributed by atoms with Crippen molar-refractivity contribution in [2.75, 3.05) is 0 Å². The Hall–Kier alpha value is -1.74. The Balaban J connectivity index is 3.37. The van der Waals surface area contributed by atoms with Crippen molar-refractivity contribution >= 4 is 6.08 Å². The number of benzene rings is 1. The van der Waals surface area contributed by atoms with Crippen LogP contribution in [0.2, 0.25) is 0 Å². The van der Waals surface area contributed by atoms with Crippen LogP contribution < -0.4 is 0 Å². The first-order valence-electron chi connectivity index (χ1n) is 4.59. The number of rotatable bonds is 3. The first kappa shape index (κ1) is 10.3. The van der Waals surface area contributed by atoms with Crippen molar-refractivity contribution in [3.05, 3.63) is 54.1 Å². The van der Waals surface area contributed by atoms with Crippen LogP contribution >= 0.6 is 0 Å². The third-order valence-electron chi connectivity index (χ3n) is 2.34. The van der Waals surface area contributed by atoms with E-state index in [1.807, 2.05) is 24.3 Å². The van der Waals surface area contributed by atoms with E-state index in [2.05, 4.69) is 32.1 Å². The molecule has 0 aliphatic rings. The molecule has 0 aliphatic carbocycles. The smallest absolute Gasteiger partial charge is 0.0317 e. The maximum atomic E-state index is 5.41. The summed E-state index contributed by atoms with van der Waals surface area (Å²) in [4.78, 5) is 0. The summed E-state index contributed by atoms with van der Waals surface area (Å²) in [6.45, 7) is 9.66. The Morgan fingerprint density at radius 3 is 2.64 bits per heavy atom. The second-order valence-corrected chi connectivity index (χ2v) is 3.18. The zero-order valence-corrected chi connectivity index (χ0v) is 8.46. The summed E-state index contributed by atoms with van der Waals surface area (Å²) < 4.78 is 0. The molecule has 14 heavy (non-hydrogen) atoms. The topological polar surface area (TPSA) is 0 Å². The van der Waals surface area contributed by atoms with E-state index in [4.69, 9.17) is 6.42 Å². The highest BCUT2D eigenvalue weighted by atomic mass is 14.1. The van der Waals surface area contributed by atoms with Gasteiger partial charge in [0.2, 0.25) is 0 Å². The number of terminal acetylenes is 1. The highest BCUT2D eigenvalue weighted by Crippen LogP contribution is 2.24. The van der Waals surface area contributed by atoms with E-state index in [0.29, 0.717) is 5.92 Å². The number of hydrogen-bond donors (Lipinski definition) is 0. The molecule has 0 bridgehead atoms. The predicted molar refractivity (Wildman–Crippen MR) is 63.1 cm³/mol. The molecule has 1 aromatic carbocycles. The minimum absolute atomic E-state index is 0.302. The monoisotopic (exact) mass is 182 g/mol. The van der Waals surface area contributed by atoms with E-state index in [1.165, 1.54) is 5.56 Å². The number of allylic oxidation sites excluding steroid dienone is 1. The van der Waals surface area contributed by atoms with Crippen molar-refractivity contribution in [2.24, 2.45) is 0 Å². The van der Waals surface area contributed by atoms with Crippen LogP contribution in [0.4, 0.5) is 0 Å². The number of hydrogen-bond acceptors (Lipinski definition) is 0. The van der Waals surface area contributed by atoms with Crippen LogP contribution in [0.15, 0.2) is 37.4 Å². The molecule has 0 radical (unpaired) electrons. The lowest BCUT2D eigenvalue weighted by atomic mass is 9.92. The molecule has 0 amide bonds. The van der Waals surface area contributed by atoms with Gasteiger partial charge in [0.1, 0.15) is 0 Å². The lowest BCUT2D eigenvalue weighted by molar-refractivity contribution is 0.966. The van der Waals surface area contributed by atoms with Crippen LogP contribution in [-0.2, 0) is 0 Å². The average molecular weight is 182 g/mol. The Bertz CT molecular complexity index is 391. The van der Waals surface area contributed by atoms with Gasteiger partial charge in [-0.15, -0.1) is 13.0 Å². The van der Waals surface area contributed by atoms with Crippen molar-refractivity contribution in [1.29, 1.82) is 0 Å². The summed E-state index contributed by atoms with van der Waals surface area (Å²) in [5.74, 6) is 2.96. The summed E-state index contributed by atoms with van der Waals surface area (Å²) in [6.07, 6.45) is 9.13. The molecule has 0 saturated heterocycles. The van der Waals surface area contributed by atoms with Crippen molar-refractivity contribution in [3.8, 4) is 12.3 Å². The molecule has 0 fully saturated rings. The fourth-order valence-corrected chi connectivity index (χ4v) is 1.46. The molecule has 0 saturated carbocycles. The quantitative estimate of drug-likeness (QED) is 0.495. The van der Waals surface area contributed by atoms with Crippen LogP contribution in [0, 0.1) is 12.3 Å². The van der Waals surface area contributed by atoms with Crippen molar-refractivity contribution in [3.63, 3.8) is 0 Å². The largest absolute Gasteiger partial charge is 0.115 e. The standard InChI is InChI=1S/C14H14/c1-5-11(4)14-10-8-9-12(6-2)13(14)7-3/h2,5,7-11H,1,3H2,4H3. The Labute approximate surface area is 86.0 Å². The minimum atomic E-state index is 0.302. The summed E-state index contributed by atoms with van der Waals surface area (Å²) >= 11 is 0. The lowest BCUT2D eigenvalue weighted by Crippen LogP contribution is -1.95. The van der Waals surface area contributed by atoms with Gasteiger partial charge in [0, 0.05) is 5.56 Å². The van der Waals surface area contributed by atoms with Crippen LogP contribution in [0.3, 0.4) is 0 Å². The average Bonchev–Trinajstić information content (AvgIpc) is 2.26. The zero-order valence-electron chi connectivity index (χ0n) is 8.46. The maximum absolute atomic E-state index is 5.41. The van der Waals surface area contributed by atoms with Gasteiger partial charge in [-0.1, -0.05) is 43.7 Å². The van der Waals surface area contributed by atoms with Crippen molar-refractivity contribution < 1.29 is 0 Å². The molecule has 0 spiro atoms. The van der Waals surface area contributed by atoms with Crippen LogP contribution in [0.1, 0.15) is 29.5 Å². The molecule has 0 aromatic heterocycles. The van der Waals surface area contributed by atoms with Gasteiger partial charge in [0.05, 0.1) is 0 Å². The first-order chi connectivity index (χ1) is 6.74. The van der Waals surface area contributed by atoms with Gasteiger partial charge in [0.25, 0.3) is 0 Å². The van der Waals surface area contributed by atoms with Crippen LogP contribution in [-0.4, -0.2) is 0 Å². The fraction of sp³-hybridized carbons (Fsp3) is 0.143. The molecular formula is C14H14. The Morgan fingerprint density at radius 2 is 2.14 bits per heavy atom. The predicted octanol–water partition coefficient (Wildman–Crippen LogP) is 3.60. The summed E-state index contributed by atoms with van der Waals surface area (Å²) in [5.41, 5.74) is 3.12. The molecule has 1 aromatic rings. The molecule has 0 aliphatic heterocycles. The third-order valence-corrected chi connectivity index (χ3v) is 2.34. The highest BCUT2D eigenvalue weighted by molar-refractivity contribution is 5.62. The normalized spacial score (nSPS) is 11.4. The molecule has 0 heterocycles. The van der Waals surface area contributed by atoms with E-state index in [0.717, 1.165) is 11.1 Å². The van der Waals surface area contributed by atoms with Gasteiger partial charge in [0.15, 0.2) is 0 Å². The third kappa shape index (κ3) is 1.78. The first-order valence-corrected chi connectivity index (χ1v) is 4.59. The SMILES string of the molecule is C#Cc1cccc(C(C)C=C)c1C=C. The summed E-state index contributed by atoms with van der Waals surface area (Å²) in [6, 6.07) is 5.96. The lowest BCUT2D eigenvalue weighted by Gasteiger charge is -2.11. The second-order valence-electron chi connectivity index (χ2n) is 3.18. The van der Waals surface area contributed by atoms with Crippen LogP contribution in [0.5, 0.6) is 0 Å². The molecule has 1 rings (SSSR count). The van der Waals surface area contributed by atoms with Gasteiger partial charge >= 0.3 is 0 Å². The van der Waals surface area contributed by atoms with E-state index in [1.54, 1.807) is 0 Å². The van der Waals surface area contributed by atoms with Gasteiger partial charge in [-0.2, -0.15) is 0 Å². The van der Waals surface area contributed by atoms with Gasteiger partial charge in [-0.05, 0) is 23.1 Å². The van der Waals surface area contributed by atoms with Crippen molar-refractivity contribution in [1.82, 2.24) is 0 Å². The fourth-order valence-electron chi connectivity index (χ4n) is 1.46. The molecule has 0 heteroatoms. The second kappa shape index (κ2) is 4.48. The molecule has 0 nitrogen and oxygen atoms in total. The molecular weight excluding hydrogens is 168 g/mol. The minimum Gasteiger partial charge on any atom is -0.115 e. The molecule has 70 valence electrons. The maximum Gasteiger partial charge on any atom is 0.0317 e. The van der Waals surface area contributed by atoms with Gasteiger partial charge in [-0.25, -0.2) is 0 Å².